The molecule has 1 aromatic carbocycles. The molecule has 1 aromatic heterocycles. The van der Waals surface area contributed by atoms with Gasteiger partial charge in [-0.1, -0.05) is 6.07 Å². The molecule has 0 amide bonds. The molecule has 0 unspecified atom stereocenters. The van der Waals surface area contributed by atoms with Crippen LogP contribution < -0.4 is 10.4 Å². The monoisotopic (exact) mass is 278 g/mol. The van der Waals surface area contributed by atoms with Crippen LogP contribution in [0.1, 0.15) is 12.8 Å². The van der Waals surface area contributed by atoms with Gasteiger partial charge in [-0.2, -0.15) is 11.8 Å². The van der Waals surface area contributed by atoms with Crippen LogP contribution in [0.15, 0.2) is 23.0 Å². The lowest BCUT2D eigenvalue weighted by molar-refractivity contribution is 0.401. The number of nitrogens with zero attached hydrogens (tertiary/aromatic N) is 1. The van der Waals surface area contributed by atoms with Crippen LogP contribution in [0.4, 0.5) is 0 Å². The van der Waals surface area contributed by atoms with Gasteiger partial charge in [-0.25, -0.2) is 4.79 Å². The van der Waals surface area contributed by atoms with Crippen LogP contribution in [0.5, 0.6) is 5.75 Å². The van der Waals surface area contributed by atoms with Crippen LogP contribution >= 0.6 is 11.8 Å². The fourth-order valence-corrected chi connectivity index (χ4v) is 3.92. The first-order valence-electron chi connectivity index (χ1n) is 6.63. The fraction of sp³-hybridized carbons (Fsp3) is 0.500. The Hall–Kier alpha value is -1.36. The standard InChI is InChI=1S/C14H18N2O2S/c1-18-12-4-2-3-11-13(12)16(14(17)15-11)9-10-5-7-19-8-6-10/h2-4,10H,5-9H2,1H3,(H,15,17). The van der Waals surface area contributed by atoms with Gasteiger partial charge >= 0.3 is 5.69 Å². The van der Waals surface area contributed by atoms with Crippen molar-refractivity contribution in [3.05, 3.63) is 28.7 Å². The van der Waals surface area contributed by atoms with E-state index < -0.39 is 0 Å². The Kier molecular flexibility index (Phi) is 3.55. The Morgan fingerprint density at radius 2 is 2.21 bits per heavy atom. The molecule has 1 aliphatic rings. The maximum atomic E-state index is 12.1. The van der Waals surface area contributed by atoms with Crippen molar-refractivity contribution >= 4 is 22.8 Å². The third kappa shape index (κ3) is 2.39. The number of thioether (sulfide) groups is 1. The predicted octanol–water partition coefficient (Wildman–Crippen LogP) is 2.48. The predicted molar refractivity (Wildman–Crippen MR) is 79.2 cm³/mol. The summed E-state index contributed by atoms with van der Waals surface area (Å²) in [4.78, 5) is 15.0. The van der Waals surface area contributed by atoms with Crippen LogP contribution in [0.2, 0.25) is 0 Å². The van der Waals surface area contributed by atoms with Gasteiger partial charge in [-0.15, -0.1) is 0 Å². The smallest absolute Gasteiger partial charge is 0.326 e. The van der Waals surface area contributed by atoms with E-state index in [1.807, 2.05) is 34.5 Å². The lowest BCUT2D eigenvalue weighted by atomic mass is 10.0. The minimum Gasteiger partial charge on any atom is -0.494 e. The Morgan fingerprint density at radius 1 is 1.42 bits per heavy atom. The van der Waals surface area contributed by atoms with Gasteiger partial charge < -0.3 is 9.72 Å². The highest BCUT2D eigenvalue weighted by Gasteiger charge is 2.18. The molecule has 0 spiro atoms. The highest BCUT2D eigenvalue weighted by molar-refractivity contribution is 7.99. The lowest BCUT2D eigenvalue weighted by Crippen LogP contribution is -2.24. The highest BCUT2D eigenvalue weighted by atomic mass is 32.2. The number of hydrogen-bond acceptors (Lipinski definition) is 3. The molecular formula is C14H18N2O2S. The Bertz CT molecular complexity index is 626. The quantitative estimate of drug-likeness (QED) is 0.938. The van der Waals surface area contributed by atoms with Crippen LogP contribution in [0.3, 0.4) is 0 Å². The maximum absolute atomic E-state index is 12.1. The van der Waals surface area contributed by atoms with Gasteiger partial charge in [-0.3, -0.25) is 4.57 Å². The van der Waals surface area contributed by atoms with Crippen molar-refractivity contribution in [1.82, 2.24) is 9.55 Å². The van der Waals surface area contributed by atoms with E-state index in [0.717, 1.165) is 23.3 Å². The number of fused-ring (bicyclic) bond motifs is 1. The topological polar surface area (TPSA) is 47.0 Å². The van der Waals surface area contributed by atoms with Gasteiger partial charge in [0.2, 0.25) is 0 Å². The van der Waals surface area contributed by atoms with Crippen molar-refractivity contribution in [2.75, 3.05) is 18.6 Å². The molecule has 5 heteroatoms. The maximum Gasteiger partial charge on any atom is 0.326 e. The van der Waals surface area contributed by atoms with Crippen molar-refractivity contribution in [2.45, 2.75) is 19.4 Å². The van der Waals surface area contributed by atoms with Gasteiger partial charge in [-0.05, 0) is 42.4 Å². The van der Waals surface area contributed by atoms with Gasteiger partial charge in [0.15, 0.2) is 0 Å². The minimum atomic E-state index is -0.0299. The number of H-pyrrole nitrogens is 1. The lowest BCUT2D eigenvalue weighted by Gasteiger charge is -2.21. The van der Waals surface area contributed by atoms with Gasteiger partial charge in [0.05, 0.1) is 12.6 Å². The summed E-state index contributed by atoms with van der Waals surface area (Å²) in [7, 11) is 1.65. The number of aromatic nitrogens is 2. The molecule has 19 heavy (non-hydrogen) atoms. The number of para-hydroxylation sites is 1. The average molecular weight is 278 g/mol. The molecule has 1 fully saturated rings. The molecule has 4 nitrogen and oxygen atoms in total. The second kappa shape index (κ2) is 5.33. The van der Waals surface area contributed by atoms with E-state index in [1.54, 1.807) is 7.11 Å². The zero-order valence-corrected chi connectivity index (χ0v) is 11.8. The fourth-order valence-electron chi connectivity index (χ4n) is 2.71. The zero-order valence-electron chi connectivity index (χ0n) is 11.0. The Labute approximate surface area is 116 Å². The summed E-state index contributed by atoms with van der Waals surface area (Å²) in [5.41, 5.74) is 1.72. The normalized spacial score (nSPS) is 16.9. The SMILES string of the molecule is COc1cccc2[nH]c(=O)n(CC3CCSCC3)c12. The number of methoxy groups -OCH3 is 1. The number of rotatable bonds is 3. The number of ether oxygens (including phenoxy) is 1. The third-order valence-electron chi connectivity index (χ3n) is 3.76. The molecule has 3 rings (SSSR count). The summed E-state index contributed by atoms with van der Waals surface area (Å²) in [6, 6.07) is 5.73. The first-order valence-corrected chi connectivity index (χ1v) is 7.78. The minimum absolute atomic E-state index is 0.0299. The molecule has 1 aliphatic heterocycles. The Balaban J connectivity index is 2.01. The van der Waals surface area contributed by atoms with E-state index >= 15 is 0 Å². The molecule has 2 aromatic rings. The molecule has 0 radical (unpaired) electrons. The number of nitrogens with one attached hydrogen (secondary N) is 1. The number of imidazole rings is 1. The molecule has 0 saturated carbocycles. The summed E-state index contributed by atoms with van der Waals surface area (Å²) >= 11 is 2.01. The van der Waals surface area contributed by atoms with E-state index in [-0.39, 0.29) is 5.69 Å². The van der Waals surface area contributed by atoms with E-state index in [0.29, 0.717) is 5.92 Å². The van der Waals surface area contributed by atoms with Crippen LogP contribution in [0, 0.1) is 5.92 Å². The first-order chi connectivity index (χ1) is 9.29. The molecule has 1 saturated heterocycles. The number of aromatic amines is 1. The largest absolute Gasteiger partial charge is 0.494 e. The van der Waals surface area contributed by atoms with Gasteiger partial charge in [0, 0.05) is 6.54 Å². The number of benzene rings is 1. The molecule has 1 N–H and O–H groups in total. The molecule has 0 atom stereocenters. The Morgan fingerprint density at radius 3 is 2.95 bits per heavy atom. The van der Waals surface area contributed by atoms with Crippen molar-refractivity contribution in [1.29, 1.82) is 0 Å². The number of hydrogen-bond donors (Lipinski definition) is 1. The first kappa shape index (κ1) is 12.7. The van der Waals surface area contributed by atoms with Gasteiger partial charge in [0.25, 0.3) is 0 Å². The van der Waals surface area contributed by atoms with Crippen LogP contribution in [-0.4, -0.2) is 28.2 Å². The summed E-state index contributed by atoms with van der Waals surface area (Å²) < 4.78 is 7.23. The summed E-state index contributed by atoms with van der Waals surface area (Å²) in [5.74, 6) is 3.78. The molecule has 0 bridgehead atoms. The van der Waals surface area contributed by atoms with Gasteiger partial charge in [0.1, 0.15) is 11.3 Å². The molecule has 2 heterocycles. The van der Waals surface area contributed by atoms with Crippen molar-refractivity contribution in [2.24, 2.45) is 5.92 Å². The van der Waals surface area contributed by atoms with Crippen molar-refractivity contribution in [3.63, 3.8) is 0 Å². The summed E-state index contributed by atoms with van der Waals surface area (Å²) in [6.45, 7) is 0.791. The van der Waals surface area contributed by atoms with E-state index in [2.05, 4.69) is 4.98 Å². The zero-order chi connectivity index (χ0) is 13.2. The van der Waals surface area contributed by atoms with Crippen LogP contribution in [-0.2, 0) is 6.54 Å². The molecule has 0 aliphatic carbocycles. The van der Waals surface area contributed by atoms with E-state index in [9.17, 15) is 4.79 Å². The van der Waals surface area contributed by atoms with Crippen LogP contribution in [0.25, 0.3) is 11.0 Å². The summed E-state index contributed by atoms with van der Waals surface area (Å²) in [5, 5.41) is 0. The molecular weight excluding hydrogens is 260 g/mol. The second-order valence-electron chi connectivity index (χ2n) is 4.95. The molecule has 102 valence electrons. The summed E-state index contributed by atoms with van der Waals surface area (Å²) in [6.07, 6.45) is 2.39. The van der Waals surface area contributed by atoms with E-state index in [4.69, 9.17) is 4.74 Å². The second-order valence-corrected chi connectivity index (χ2v) is 6.18. The third-order valence-corrected chi connectivity index (χ3v) is 4.81. The van der Waals surface area contributed by atoms with Crippen molar-refractivity contribution in [3.8, 4) is 5.75 Å². The average Bonchev–Trinajstić information content (AvgIpc) is 2.76. The van der Waals surface area contributed by atoms with Crippen molar-refractivity contribution < 1.29 is 4.74 Å². The van der Waals surface area contributed by atoms with E-state index in [1.165, 1.54) is 24.3 Å². The highest BCUT2D eigenvalue weighted by Crippen LogP contribution is 2.27.